The number of carbonyl (C=O) groups excluding carboxylic acids is 2. The fourth-order valence-corrected chi connectivity index (χ4v) is 10.1. The van der Waals surface area contributed by atoms with Gasteiger partial charge in [-0.25, -0.2) is 4.79 Å². The highest BCUT2D eigenvalue weighted by Crippen LogP contribution is 2.69. The van der Waals surface area contributed by atoms with E-state index in [0.717, 1.165) is 51.4 Å². The van der Waals surface area contributed by atoms with E-state index in [1.165, 1.54) is 7.11 Å². The summed E-state index contributed by atoms with van der Waals surface area (Å²) in [5, 5.41) is 23.8. The van der Waals surface area contributed by atoms with Crippen LogP contribution in [0.4, 0.5) is 4.79 Å². The molecule has 7 nitrogen and oxygen atoms in total. The second-order valence-corrected chi connectivity index (χ2v) is 13.1. The van der Waals surface area contributed by atoms with E-state index in [2.05, 4.69) is 27.7 Å². The number of rotatable bonds is 7. The van der Waals surface area contributed by atoms with Crippen molar-refractivity contribution in [3.05, 3.63) is 0 Å². The Hall–Kier alpha value is -1.34. The third kappa shape index (κ3) is 4.92. The Bertz CT molecular complexity index is 831. The summed E-state index contributed by atoms with van der Waals surface area (Å²) in [5.74, 6) is 1.40. The number of aliphatic hydroxyl groups excluding tert-OH is 2. The van der Waals surface area contributed by atoms with E-state index in [1.54, 1.807) is 6.92 Å². The highest BCUT2D eigenvalue weighted by molar-refractivity contribution is 5.69. The highest BCUT2D eigenvalue weighted by atomic mass is 16.7. The number of methoxy groups -OCH3 is 1. The largest absolute Gasteiger partial charge is 0.508 e. The monoisotopic (exact) mass is 522 g/mol. The summed E-state index contributed by atoms with van der Waals surface area (Å²) in [6.45, 7) is 11.2. The Morgan fingerprint density at radius 2 is 1.78 bits per heavy atom. The molecule has 0 aromatic rings. The van der Waals surface area contributed by atoms with Crippen molar-refractivity contribution in [2.45, 2.75) is 111 Å². The van der Waals surface area contributed by atoms with Crippen molar-refractivity contribution in [1.29, 1.82) is 0 Å². The van der Waals surface area contributed by atoms with Crippen LogP contribution in [0.2, 0.25) is 0 Å². The molecule has 12 atom stereocenters. The molecule has 37 heavy (non-hydrogen) atoms. The molecular weight excluding hydrogens is 472 g/mol. The lowest BCUT2D eigenvalue weighted by Crippen LogP contribution is -2.66. The highest BCUT2D eigenvalue weighted by Gasteiger charge is 2.67. The van der Waals surface area contributed by atoms with Gasteiger partial charge in [0.2, 0.25) is 0 Å². The lowest BCUT2D eigenvalue weighted by Gasteiger charge is -2.66. The molecule has 0 radical (unpaired) electrons. The third-order valence-electron chi connectivity index (χ3n) is 11.6. The predicted octanol–water partition coefficient (Wildman–Crippen LogP) is 5.35. The number of hydrogen-bond donors (Lipinski definition) is 2. The fraction of sp³-hybridized carbons (Fsp3) is 0.933. The normalized spacial score (nSPS) is 45.7. The smallest absolute Gasteiger partial charge is 0.469 e. The van der Waals surface area contributed by atoms with Gasteiger partial charge in [0, 0.05) is 6.42 Å². The van der Waals surface area contributed by atoms with Gasteiger partial charge < -0.3 is 24.4 Å². The molecule has 0 aliphatic heterocycles. The zero-order valence-corrected chi connectivity index (χ0v) is 23.8. The minimum Gasteiger partial charge on any atom is -0.469 e. The van der Waals surface area contributed by atoms with E-state index in [0.29, 0.717) is 30.8 Å². The van der Waals surface area contributed by atoms with Crippen molar-refractivity contribution in [1.82, 2.24) is 0 Å². The van der Waals surface area contributed by atoms with Crippen molar-refractivity contribution < 1.29 is 34.0 Å². The minimum atomic E-state index is -0.606. The van der Waals surface area contributed by atoms with Crippen LogP contribution in [0.1, 0.15) is 92.4 Å². The third-order valence-corrected chi connectivity index (χ3v) is 11.6. The van der Waals surface area contributed by atoms with Crippen LogP contribution in [-0.4, -0.2) is 54.4 Å². The Balaban J connectivity index is 1.58. The standard InChI is InChI=1S/C30H50O7/c1-7-19-22-15-18(37-28(34)36-8-2)13-14-29(22,4)26-23(31)16-30(5)20(17(3)9-12-24(32)35-6)10-11-21(30)25(26)27(19)33/h17-23,25-27,31,33H,7-16H2,1-6H3/t17-,18-,19-,20-,21?,22+,23?,25?,26?,27?,29+,30-/m1/s1. The summed E-state index contributed by atoms with van der Waals surface area (Å²) in [7, 11) is 1.44. The molecule has 4 fully saturated rings. The summed E-state index contributed by atoms with van der Waals surface area (Å²) < 4.78 is 15.6. The first-order chi connectivity index (χ1) is 17.5. The Morgan fingerprint density at radius 1 is 1.05 bits per heavy atom. The van der Waals surface area contributed by atoms with Crippen LogP contribution in [-0.2, 0) is 19.0 Å². The molecule has 212 valence electrons. The fourth-order valence-electron chi connectivity index (χ4n) is 10.1. The Labute approximate surface area is 223 Å². The van der Waals surface area contributed by atoms with Crippen molar-refractivity contribution in [2.24, 2.45) is 52.3 Å². The molecule has 5 unspecified atom stereocenters. The SMILES string of the molecule is CCOC(=O)O[C@@H]1CC[C@]2(C)C3C(O)C[C@@]4(C)C(CC[C@@H]4[C@H](C)CCC(=O)OC)C3C(O)[C@H](CC)[C@@H]2C1. The van der Waals surface area contributed by atoms with Crippen LogP contribution in [0.15, 0.2) is 0 Å². The van der Waals surface area contributed by atoms with Crippen LogP contribution in [0.25, 0.3) is 0 Å². The summed E-state index contributed by atoms with van der Waals surface area (Å²) in [5.41, 5.74) is -0.156. The maximum atomic E-state index is 12.0. The van der Waals surface area contributed by atoms with Crippen LogP contribution in [0.5, 0.6) is 0 Å². The molecule has 2 N–H and O–H groups in total. The second kappa shape index (κ2) is 11.0. The van der Waals surface area contributed by atoms with E-state index in [9.17, 15) is 19.8 Å². The van der Waals surface area contributed by atoms with E-state index < -0.39 is 18.4 Å². The van der Waals surface area contributed by atoms with Gasteiger partial charge in [0.15, 0.2) is 0 Å². The molecule has 0 saturated heterocycles. The molecule has 0 aromatic carbocycles. The number of carbonyl (C=O) groups is 2. The van der Waals surface area contributed by atoms with Gasteiger partial charge in [-0.15, -0.1) is 0 Å². The van der Waals surface area contributed by atoms with E-state index in [-0.39, 0.29) is 46.6 Å². The van der Waals surface area contributed by atoms with E-state index in [1.807, 2.05) is 0 Å². The summed E-state index contributed by atoms with van der Waals surface area (Å²) >= 11 is 0. The lowest BCUT2D eigenvalue weighted by molar-refractivity contribution is -0.236. The molecule has 0 bridgehead atoms. The molecule has 0 heterocycles. The number of aliphatic hydroxyl groups is 2. The van der Waals surface area contributed by atoms with Gasteiger partial charge in [-0.1, -0.05) is 34.1 Å². The topological polar surface area (TPSA) is 102 Å². The maximum Gasteiger partial charge on any atom is 0.508 e. The molecule has 0 aromatic heterocycles. The Kier molecular flexibility index (Phi) is 8.55. The van der Waals surface area contributed by atoms with E-state index >= 15 is 0 Å². The number of esters is 1. The summed E-state index contributed by atoms with van der Waals surface area (Å²) in [6, 6.07) is 0. The van der Waals surface area contributed by atoms with Gasteiger partial charge in [0.1, 0.15) is 6.10 Å². The van der Waals surface area contributed by atoms with Crippen molar-refractivity contribution in [3.8, 4) is 0 Å². The van der Waals surface area contributed by atoms with Gasteiger partial charge >= 0.3 is 12.1 Å². The van der Waals surface area contributed by atoms with Crippen LogP contribution in [0.3, 0.4) is 0 Å². The van der Waals surface area contributed by atoms with Gasteiger partial charge in [-0.2, -0.15) is 0 Å². The van der Waals surface area contributed by atoms with Gasteiger partial charge in [-0.3, -0.25) is 4.79 Å². The average molecular weight is 523 g/mol. The van der Waals surface area contributed by atoms with E-state index in [4.69, 9.17) is 14.2 Å². The molecule has 4 saturated carbocycles. The first-order valence-electron chi connectivity index (χ1n) is 14.8. The predicted molar refractivity (Wildman–Crippen MR) is 139 cm³/mol. The van der Waals surface area contributed by atoms with Crippen molar-refractivity contribution in [2.75, 3.05) is 13.7 Å². The lowest BCUT2D eigenvalue weighted by atomic mass is 9.40. The molecule has 4 aliphatic rings. The van der Waals surface area contributed by atoms with Crippen molar-refractivity contribution >= 4 is 12.1 Å². The number of fused-ring (bicyclic) bond motifs is 5. The first-order valence-corrected chi connectivity index (χ1v) is 14.8. The summed E-state index contributed by atoms with van der Waals surface area (Å²) in [4.78, 5) is 23.8. The molecule has 0 spiro atoms. The average Bonchev–Trinajstić information content (AvgIpc) is 3.19. The van der Waals surface area contributed by atoms with Crippen LogP contribution >= 0.6 is 0 Å². The van der Waals surface area contributed by atoms with Gasteiger partial charge in [-0.05, 0) is 104 Å². The molecule has 4 rings (SSSR count). The quantitative estimate of drug-likeness (QED) is 0.434. The van der Waals surface area contributed by atoms with Crippen LogP contribution < -0.4 is 0 Å². The molecule has 7 heteroatoms. The molecular formula is C30H50O7. The minimum absolute atomic E-state index is 0.0426. The van der Waals surface area contributed by atoms with Crippen molar-refractivity contribution in [3.63, 3.8) is 0 Å². The van der Waals surface area contributed by atoms with Crippen LogP contribution in [0, 0.1) is 52.3 Å². The molecule has 0 amide bonds. The zero-order valence-electron chi connectivity index (χ0n) is 23.8. The number of ether oxygens (including phenoxy) is 3. The second-order valence-electron chi connectivity index (χ2n) is 13.1. The molecule has 4 aliphatic carbocycles. The number of hydrogen-bond acceptors (Lipinski definition) is 7. The maximum absolute atomic E-state index is 12.0. The summed E-state index contributed by atoms with van der Waals surface area (Å²) in [6.07, 6.45) is 5.61. The Morgan fingerprint density at radius 3 is 2.43 bits per heavy atom. The van der Waals surface area contributed by atoms with Gasteiger partial charge in [0.05, 0.1) is 25.9 Å². The van der Waals surface area contributed by atoms with Gasteiger partial charge in [0.25, 0.3) is 0 Å². The first kappa shape index (κ1) is 28.7. The zero-order chi connectivity index (χ0) is 27.1.